The van der Waals surface area contributed by atoms with Gasteiger partial charge in [0.15, 0.2) is 0 Å². The Labute approximate surface area is 222 Å². The zero-order valence-electron chi connectivity index (χ0n) is 20.0. The molecule has 0 spiro atoms. The van der Waals surface area contributed by atoms with Crippen molar-refractivity contribution in [2.24, 2.45) is 5.92 Å². The van der Waals surface area contributed by atoms with Crippen LogP contribution in [0, 0.1) is 5.92 Å². The molecule has 38 heavy (non-hydrogen) atoms. The molecular formula is C27H26ClF6NO3. The van der Waals surface area contributed by atoms with E-state index >= 15 is 0 Å². The molecular weight excluding hydrogens is 536 g/mol. The molecule has 1 aliphatic heterocycles. The van der Waals surface area contributed by atoms with Crippen molar-refractivity contribution in [1.82, 2.24) is 4.90 Å². The van der Waals surface area contributed by atoms with Gasteiger partial charge in [-0.1, -0.05) is 54.6 Å². The van der Waals surface area contributed by atoms with Crippen LogP contribution < -0.4 is 9.47 Å². The van der Waals surface area contributed by atoms with Gasteiger partial charge in [0.2, 0.25) is 0 Å². The lowest BCUT2D eigenvalue weighted by Crippen LogP contribution is -2.44. The maximum atomic E-state index is 12.6. The van der Waals surface area contributed by atoms with Crippen LogP contribution in [0.5, 0.6) is 11.5 Å². The molecule has 0 bridgehead atoms. The van der Waals surface area contributed by atoms with Gasteiger partial charge < -0.3 is 14.6 Å². The van der Waals surface area contributed by atoms with Gasteiger partial charge in [-0.25, -0.2) is 0 Å². The van der Waals surface area contributed by atoms with E-state index in [0.717, 1.165) is 36.4 Å². The van der Waals surface area contributed by atoms with Crippen LogP contribution >= 0.6 is 12.4 Å². The predicted octanol–water partition coefficient (Wildman–Crippen LogP) is 7.05. The maximum absolute atomic E-state index is 12.6. The van der Waals surface area contributed by atoms with E-state index < -0.39 is 29.8 Å². The molecule has 3 aromatic carbocycles. The molecule has 4 nitrogen and oxygen atoms in total. The van der Waals surface area contributed by atoms with E-state index in [0.29, 0.717) is 37.1 Å². The van der Waals surface area contributed by atoms with Crippen molar-refractivity contribution in [3.63, 3.8) is 0 Å². The van der Waals surface area contributed by atoms with E-state index in [1.54, 1.807) is 0 Å². The SMILES string of the molecule is Cl.OC(c1ccc(OC(F)(F)F)cc1)(c1ccc(OC(F)(F)F)cc1)C1CCN(Cc2ccccc2)CC1. The third-order valence-electron chi connectivity index (χ3n) is 6.48. The summed E-state index contributed by atoms with van der Waals surface area (Å²) >= 11 is 0. The fourth-order valence-corrected chi connectivity index (χ4v) is 4.81. The summed E-state index contributed by atoms with van der Waals surface area (Å²) in [7, 11) is 0. The number of benzene rings is 3. The fraction of sp³-hybridized carbons (Fsp3) is 0.333. The van der Waals surface area contributed by atoms with Gasteiger partial charge >= 0.3 is 12.7 Å². The van der Waals surface area contributed by atoms with E-state index in [9.17, 15) is 31.4 Å². The Balaban J connectivity index is 0.00000400. The first-order chi connectivity index (χ1) is 17.4. The van der Waals surface area contributed by atoms with Gasteiger partial charge in [-0.15, -0.1) is 38.7 Å². The van der Waals surface area contributed by atoms with Crippen LogP contribution in [-0.4, -0.2) is 35.8 Å². The summed E-state index contributed by atoms with van der Waals surface area (Å²) in [6, 6.07) is 19.7. The molecule has 1 heterocycles. The molecule has 1 N–H and O–H groups in total. The highest BCUT2D eigenvalue weighted by atomic mass is 35.5. The molecule has 0 radical (unpaired) electrons. The number of likely N-dealkylation sites (tertiary alicyclic amines) is 1. The topological polar surface area (TPSA) is 41.9 Å². The maximum Gasteiger partial charge on any atom is 0.573 e. The number of hydrogen-bond donors (Lipinski definition) is 1. The predicted molar refractivity (Wildman–Crippen MR) is 131 cm³/mol. The van der Waals surface area contributed by atoms with Gasteiger partial charge in [-0.05, 0) is 72.8 Å². The van der Waals surface area contributed by atoms with Crippen molar-refractivity contribution >= 4 is 12.4 Å². The van der Waals surface area contributed by atoms with Crippen molar-refractivity contribution < 1.29 is 40.9 Å². The first-order valence-electron chi connectivity index (χ1n) is 11.6. The normalized spacial score (nSPS) is 15.6. The van der Waals surface area contributed by atoms with Crippen molar-refractivity contribution in [2.75, 3.05) is 13.1 Å². The number of rotatable bonds is 7. The fourth-order valence-electron chi connectivity index (χ4n) is 4.81. The summed E-state index contributed by atoms with van der Waals surface area (Å²) in [6.07, 6.45) is -8.61. The average Bonchev–Trinajstić information content (AvgIpc) is 2.84. The number of alkyl halides is 6. The third kappa shape index (κ3) is 7.55. The molecule has 0 saturated carbocycles. The molecule has 3 aromatic rings. The molecule has 11 heteroatoms. The van der Waals surface area contributed by atoms with Crippen LogP contribution in [-0.2, 0) is 12.1 Å². The molecule has 1 saturated heterocycles. The standard InChI is InChI=1S/C27H25F6NO3.ClH/c28-26(29,30)36-23-10-6-20(7-11-23)25(35,21-8-12-24(13-9-21)37-27(31,32)33)22-14-16-34(17-15-22)18-19-4-2-1-3-5-19;/h1-13,22,35H,14-18H2;1H. The molecule has 1 aliphatic rings. The molecule has 0 unspecified atom stereocenters. The van der Waals surface area contributed by atoms with Crippen LogP contribution in [0.1, 0.15) is 29.5 Å². The number of piperidine rings is 1. The summed E-state index contributed by atoms with van der Waals surface area (Å²) in [5, 5.41) is 12.1. The van der Waals surface area contributed by atoms with Gasteiger partial charge in [-0.3, -0.25) is 4.90 Å². The summed E-state index contributed by atoms with van der Waals surface area (Å²) in [6.45, 7) is 2.05. The van der Waals surface area contributed by atoms with Gasteiger partial charge in [0.1, 0.15) is 17.1 Å². The molecule has 0 aromatic heterocycles. The highest BCUT2D eigenvalue weighted by Gasteiger charge is 2.42. The van der Waals surface area contributed by atoms with Crippen LogP contribution in [0.2, 0.25) is 0 Å². The van der Waals surface area contributed by atoms with Crippen LogP contribution in [0.25, 0.3) is 0 Å². The summed E-state index contributed by atoms with van der Waals surface area (Å²) in [5.41, 5.74) is 0.115. The first-order valence-corrected chi connectivity index (χ1v) is 11.6. The lowest BCUT2D eigenvalue weighted by Gasteiger charge is -2.42. The van der Waals surface area contributed by atoms with Gasteiger partial charge in [-0.2, -0.15) is 0 Å². The Kier molecular flexibility index (Phi) is 9.22. The molecule has 4 rings (SSSR count). The zero-order valence-corrected chi connectivity index (χ0v) is 20.8. The van der Waals surface area contributed by atoms with Crippen LogP contribution in [0.15, 0.2) is 78.9 Å². The smallest absolute Gasteiger partial charge is 0.406 e. The second-order valence-electron chi connectivity index (χ2n) is 8.95. The van der Waals surface area contributed by atoms with E-state index in [2.05, 4.69) is 14.4 Å². The monoisotopic (exact) mass is 561 g/mol. The Morgan fingerprint density at radius 3 is 1.50 bits per heavy atom. The Morgan fingerprint density at radius 2 is 1.11 bits per heavy atom. The second kappa shape index (κ2) is 11.8. The summed E-state index contributed by atoms with van der Waals surface area (Å²) in [5.74, 6) is -1.22. The van der Waals surface area contributed by atoms with Gasteiger partial charge in [0, 0.05) is 6.54 Å². The number of halogens is 7. The third-order valence-corrected chi connectivity index (χ3v) is 6.48. The Morgan fingerprint density at radius 1 is 0.684 bits per heavy atom. The zero-order chi connectivity index (χ0) is 26.7. The molecule has 0 aliphatic carbocycles. The highest BCUT2D eigenvalue weighted by molar-refractivity contribution is 5.85. The number of aliphatic hydroxyl groups is 1. The van der Waals surface area contributed by atoms with Gasteiger partial charge in [0.05, 0.1) is 0 Å². The van der Waals surface area contributed by atoms with E-state index in [4.69, 9.17) is 0 Å². The van der Waals surface area contributed by atoms with Crippen molar-refractivity contribution in [1.29, 1.82) is 0 Å². The first kappa shape index (κ1) is 29.6. The van der Waals surface area contributed by atoms with E-state index in [1.807, 2.05) is 30.3 Å². The van der Waals surface area contributed by atoms with Gasteiger partial charge in [0.25, 0.3) is 0 Å². The minimum Gasteiger partial charge on any atom is -0.406 e. The molecule has 0 amide bonds. The lowest BCUT2D eigenvalue weighted by molar-refractivity contribution is -0.275. The highest BCUT2D eigenvalue weighted by Crippen LogP contribution is 2.43. The lowest BCUT2D eigenvalue weighted by atomic mass is 9.72. The van der Waals surface area contributed by atoms with Crippen LogP contribution in [0.3, 0.4) is 0 Å². The van der Waals surface area contributed by atoms with E-state index in [1.165, 1.54) is 24.3 Å². The van der Waals surface area contributed by atoms with Crippen molar-refractivity contribution in [3.8, 4) is 11.5 Å². The number of ether oxygens (including phenoxy) is 2. The van der Waals surface area contributed by atoms with Crippen molar-refractivity contribution in [2.45, 2.75) is 37.7 Å². The molecule has 1 fully saturated rings. The van der Waals surface area contributed by atoms with Crippen LogP contribution in [0.4, 0.5) is 26.3 Å². The van der Waals surface area contributed by atoms with Crippen molar-refractivity contribution in [3.05, 3.63) is 95.6 Å². The molecule has 0 atom stereocenters. The summed E-state index contributed by atoms with van der Waals surface area (Å²) in [4.78, 5) is 2.24. The number of nitrogens with zero attached hydrogens (tertiary/aromatic N) is 1. The van der Waals surface area contributed by atoms with E-state index in [-0.39, 0.29) is 18.3 Å². The summed E-state index contributed by atoms with van der Waals surface area (Å²) < 4.78 is 83.6. The minimum atomic E-state index is -4.86. The Bertz CT molecular complexity index is 1090. The second-order valence-corrected chi connectivity index (χ2v) is 8.95. The minimum absolute atomic E-state index is 0. The Hall–Kier alpha value is -2.95. The quantitative estimate of drug-likeness (QED) is 0.314. The average molecular weight is 562 g/mol. The largest absolute Gasteiger partial charge is 0.573 e. The number of hydrogen-bond acceptors (Lipinski definition) is 4. The molecule has 206 valence electrons.